The molecule has 2 aliphatic rings. The Labute approximate surface area is 142 Å². The van der Waals surface area contributed by atoms with Gasteiger partial charge in [0.1, 0.15) is 24.4 Å². The predicted molar refractivity (Wildman–Crippen MR) is 86.5 cm³/mol. The molecule has 2 heterocycles. The molecule has 2 saturated heterocycles. The highest BCUT2D eigenvalue weighted by Crippen LogP contribution is 2.36. The van der Waals surface area contributed by atoms with E-state index in [-0.39, 0.29) is 30.5 Å². The molecular formula is C18H26O6. The van der Waals surface area contributed by atoms with E-state index in [1.165, 1.54) is 0 Å². The molecule has 0 aliphatic carbocycles. The van der Waals surface area contributed by atoms with Crippen LogP contribution in [0, 0.1) is 0 Å². The van der Waals surface area contributed by atoms with Crippen LogP contribution in [0.15, 0.2) is 30.3 Å². The summed E-state index contributed by atoms with van der Waals surface area (Å²) >= 11 is 0. The van der Waals surface area contributed by atoms with Gasteiger partial charge in [0.05, 0.1) is 12.7 Å². The van der Waals surface area contributed by atoms with Gasteiger partial charge < -0.3 is 28.4 Å². The van der Waals surface area contributed by atoms with Gasteiger partial charge in [0.15, 0.2) is 12.6 Å². The lowest BCUT2D eigenvalue weighted by Crippen LogP contribution is -2.63. The van der Waals surface area contributed by atoms with Gasteiger partial charge in [-0.1, -0.05) is 30.3 Å². The summed E-state index contributed by atoms with van der Waals surface area (Å²) in [6, 6.07) is 9.85. The quantitative estimate of drug-likeness (QED) is 0.821. The number of methoxy groups -OCH3 is 2. The number of benzene rings is 1. The summed E-state index contributed by atoms with van der Waals surface area (Å²) in [6.07, 6.45) is -2.14. The first-order chi connectivity index (χ1) is 11.6. The molecule has 4 unspecified atom stereocenters. The third-order valence-corrected chi connectivity index (χ3v) is 4.31. The zero-order valence-corrected chi connectivity index (χ0v) is 14.6. The summed E-state index contributed by atoms with van der Waals surface area (Å²) in [7, 11) is 3.28. The maximum absolute atomic E-state index is 6.16. The van der Waals surface area contributed by atoms with Gasteiger partial charge in [0, 0.05) is 19.8 Å². The van der Waals surface area contributed by atoms with E-state index in [4.69, 9.17) is 28.4 Å². The molecule has 0 aromatic heterocycles. The highest BCUT2D eigenvalue weighted by Gasteiger charge is 2.51. The lowest BCUT2D eigenvalue weighted by molar-refractivity contribution is -0.369. The van der Waals surface area contributed by atoms with Crippen molar-refractivity contribution in [2.24, 2.45) is 0 Å². The molecule has 0 radical (unpaired) electrons. The maximum atomic E-state index is 6.16. The highest BCUT2D eigenvalue weighted by molar-refractivity contribution is 5.16. The number of rotatable bonds is 5. The zero-order chi connectivity index (χ0) is 17.1. The van der Waals surface area contributed by atoms with Gasteiger partial charge in [0.25, 0.3) is 0 Å². The molecule has 0 N–H and O–H groups in total. The van der Waals surface area contributed by atoms with Gasteiger partial charge in [0.2, 0.25) is 0 Å². The van der Waals surface area contributed by atoms with Crippen molar-refractivity contribution in [3.8, 4) is 0 Å². The summed E-state index contributed by atoms with van der Waals surface area (Å²) in [4.78, 5) is 0. The molecule has 0 amide bonds. The third-order valence-electron chi connectivity index (χ3n) is 4.31. The molecule has 6 nitrogen and oxygen atoms in total. The van der Waals surface area contributed by atoms with E-state index >= 15 is 0 Å². The molecular weight excluding hydrogens is 312 g/mol. The van der Waals surface area contributed by atoms with Crippen molar-refractivity contribution >= 4 is 0 Å². The summed E-state index contributed by atoms with van der Waals surface area (Å²) in [5.74, 6) is 0. The van der Waals surface area contributed by atoms with E-state index < -0.39 is 12.6 Å². The lowest BCUT2D eigenvalue weighted by Gasteiger charge is -2.48. The first kappa shape index (κ1) is 17.8. The van der Waals surface area contributed by atoms with Crippen molar-refractivity contribution in [3.63, 3.8) is 0 Å². The molecule has 0 spiro atoms. The molecule has 1 aromatic carbocycles. The van der Waals surface area contributed by atoms with Crippen molar-refractivity contribution in [1.82, 2.24) is 0 Å². The second-order valence-electron chi connectivity index (χ2n) is 6.31. The minimum absolute atomic E-state index is 0.0178. The second-order valence-corrected chi connectivity index (χ2v) is 6.31. The minimum atomic E-state index is -0.512. The average molecular weight is 338 g/mol. The average Bonchev–Trinajstić information content (AvgIpc) is 2.60. The van der Waals surface area contributed by atoms with Gasteiger partial charge in [-0.05, 0) is 13.8 Å². The number of hydrogen-bond acceptors (Lipinski definition) is 6. The van der Waals surface area contributed by atoms with Crippen LogP contribution in [0.5, 0.6) is 0 Å². The van der Waals surface area contributed by atoms with Gasteiger partial charge >= 0.3 is 0 Å². The molecule has 6 atom stereocenters. The van der Waals surface area contributed by atoms with E-state index in [0.29, 0.717) is 6.61 Å². The van der Waals surface area contributed by atoms with Crippen LogP contribution in [0.4, 0.5) is 0 Å². The van der Waals surface area contributed by atoms with Crippen LogP contribution in [0.25, 0.3) is 0 Å². The molecule has 24 heavy (non-hydrogen) atoms. The first-order valence-corrected chi connectivity index (χ1v) is 8.32. The van der Waals surface area contributed by atoms with E-state index in [9.17, 15) is 0 Å². The minimum Gasteiger partial charge on any atom is -0.376 e. The first-order valence-electron chi connectivity index (χ1n) is 8.32. The van der Waals surface area contributed by atoms with Crippen LogP contribution in [0.2, 0.25) is 0 Å². The van der Waals surface area contributed by atoms with Crippen LogP contribution in [0.3, 0.4) is 0 Å². The number of hydrogen-bond donors (Lipinski definition) is 0. The van der Waals surface area contributed by atoms with Gasteiger partial charge in [-0.3, -0.25) is 0 Å². The van der Waals surface area contributed by atoms with E-state index in [1.807, 2.05) is 44.2 Å². The van der Waals surface area contributed by atoms with Crippen molar-refractivity contribution in [3.05, 3.63) is 35.9 Å². The number of fused-ring (bicyclic) bond motifs is 1. The molecule has 0 saturated carbocycles. The van der Waals surface area contributed by atoms with Crippen LogP contribution in [-0.4, -0.2) is 57.6 Å². The Bertz CT molecular complexity index is 507. The van der Waals surface area contributed by atoms with Crippen LogP contribution in [0.1, 0.15) is 25.7 Å². The highest BCUT2D eigenvalue weighted by atomic mass is 16.8. The SMILES string of the molecule is COC1C(OC)[C@@H]2OC(c3ccccc3)OCC2O[C@@H]1OC(C)C. The lowest BCUT2D eigenvalue weighted by atomic mass is 9.97. The Morgan fingerprint density at radius 3 is 2.33 bits per heavy atom. The summed E-state index contributed by atoms with van der Waals surface area (Å²) < 4.78 is 35.2. The van der Waals surface area contributed by atoms with E-state index in [0.717, 1.165) is 5.56 Å². The normalized spacial score (nSPS) is 36.5. The second kappa shape index (κ2) is 7.91. The van der Waals surface area contributed by atoms with Crippen LogP contribution < -0.4 is 0 Å². The summed E-state index contributed by atoms with van der Waals surface area (Å²) in [5, 5.41) is 0. The van der Waals surface area contributed by atoms with E-state index in [2.05, 4.69) is 0 Å². The molecule has 0 bridgehead atoms. The Balaban J connectivity index is 1.77. The summed E-state index contributed by atoms with van der Waals surface area (Å²) in [5.41, 5.74) is 0.973. The topological polar surface area (TPSA) is 55.4 Å². The fraction of sp³-hybridized carbons (Fsp3) is 0.667. The van der Waals surface area contributed by atoms with Crippen molar-refractivity contribution in [2.45, 2.75) is 56.9 Å². The predicted octanol–water partition coefficient (Wildman–Crippen LogP) is 2.28. The molecule has 2 aliphatic heterocycles. The number of ether oxygens (including phenoxy) is 6. The van der Waals surface area contributed by atoms with Crippen molar-refractivity contribution < 1.29 is 28.4 Å². The maximum Gasteiger partial charge on any atom is 0.187 e. The van der Waals surface area contributed by atoms with Crippen molar-refractivity contribution in [1.29, 1.82) is 0 Å². The monoisotopic (exact) mass is 338 g/mol. The molecule has 2 fully saturated rings. The Hall–Kier alpha value is -1.02. The van der Waals surface area contributed by atoms with Gasteiger partial charge in [-0.25, -0.2) is 0 Å². The fourth-order valence-electron chi connectivity index (χ4n) is 3.22. The smallest absolute Gasteiger partial charge is 0.187 e. The van der Waals surface area contributed by atoms with Crippen LogP contribution in [-0.2, 0) is 28.4 Å². The van der Waals surface area contributed by atoms with E-state index in [1.54, 1.807) is 14.2 Å². The zero-order valence-electron chi connectivity index (χ0n) is 14.6. The van der Waals surface area contributed by atoms with Crippen LogP contribution >= 0.6 is 0 Å². The standard InChI is InChI=1S/C18H26O6/c1-11(2)22-18-16(20-4)15(19-3)14-13(23-18)10-21-17(24-14)12-8-6-5-7-9-12/h5-9,11,13-18H,10H2,1-4H3/t13?,14-,15?,16?,17?,18+/m1/s1. The van der Waals surface area contributed by atoms with Gasteiger partial charge in [-0.2, -0.15) is 0 Å². The Kier molecular flexibility index (Phi) is 5.86. The Morgan fingerprint density at radius 1 is 1.00 bits per heavy atom. The molecule has 3 rings (SSSR count). The fourth-order valence-corrected chi connectivity index (χ4v) is 3.22. The Morgan fingerprint density at radius 2 is 1.71 bits per heavy atom. The molecule has 6 heteroatoms. The van der Waals surface area contributed by atoms with Crippen molar-refractivity contribution in [2.75, 3.05) is 20.8 Å². The third kappa shape index (κ3) is 3.64. The molecule has 1 aromatic rings. The summed E-state index contributed by atoms with van der Waals surface area (Å²) in [6.45, 7) is 4.34. The van der Waals surface area contributed by atoms with Gasteiger partial charge in [-0.15, -0.1) is 0 Å². The molecule has 134 valence electrons. The largest absolute Gasteiger partial charge is 0.376 e.